The lowest BCUT2D eigenvalue weighted by Gasteiger charge is -2.26. The molecule has 1 aromatic carbocycles. The smallest absolute Gasteiger partial charge is 0.242 e. The quantitative estimate of drug-likeness (QED) is 0.829. The molecule has 5 heteroatoms. The second-order valence-electron chi connectivity index (χ2n) is 5.10. The Morgan fingerprint density at radius 2 is 2.10 bits per heavy atom. The summed E-state index contributed by atoms with van der Waals surface area (Å²) in [7, 11) is 1.59. The van der Waals surface area contributed by atoms with Gasteiger partial charge in [-0.1, -0.05) is 30.3 Å². The van der Waals surface area contributed by atoms with Gasteiger partial charge in [-0.2, -0.15) is 0 Å². The molecule has 0 bridgehead atoms. The number of nitrogens with one attached hydrogen (secondary N) is 1. The first-order valence-electron chi connectivity index (χ1n) is 6.95. The molecule has 2 atom stereocenters. The lowest BCUT2D eigenvalue weighted by Crippen LogP contribution is -2.51. The van der Waals surface area contributed by atoms with Gasteiger partial charge in [-0.05, 0) is 24.8 Å². The molecule has 2 rings (SSSR count). The Labute approximate surface area is 119 Å². The topological polar surface area (TPSA) is 75.4 Å². The second kappa shape index (κ2) is 6.52. The van der Waals surface area contributed by atoms with Gasteiger partial charge in [-0.15, -0.1) is 0 Å². The molecule has 108 valence electrons. The zero-order chi connectivity index (χ0) is 14.5. The summed E-state index contributed by atoms with van der Waals surface area (Å²) >= 11 is 0. The van der Waals surface area contributed by atoms with E-state index in [1.165, 1.54) is 0 Å². The predicted molar refractivity (Wildman–Crippen MR) is 76.9 cm³/mol. The number of likely N-dealkylation sites (N-methyl/N-ethyl adjacent to an activating group) is 1. The van der Waals surface area contributed by atoms with Gasteiger partial charge in [-0.25, -0.2) is 0 Å². The van der Waals surface area contributed by atoms with Gasteiger partial charge in [0.25, 0.3) is 0 Å². The third-order valence-corrected chi connectivity index (χ3v) is 3.70. The molecule has 1 saturated heterocycles. The number of nitrogens with two attached hydrogens (primary N) is 1. The van der Waals surface area contributed by atoms with E-state index >= 15 is 0 Å². The monoisotopic (exact) mass is 275 g/mol. The van der Waals surface area contributed by atoms with Crippen molar-refractivity contribution < 1.29 is 9.59 Å². The van der Waals surface area contributed by atoms with Crippen LogP contribution >= 0.6 is 0 Å². The van der Waals surface area contributed by atoms with Crippen molar-refractivity contribution in [1.82, 2.24) is 10.2 Å². The maximum atomic E-state index is 12.4. The van der Waals surface area contributed by atoms with Gasteiger partial charge >= 0.3 is 0 Å². The van der Waals surface area contributed by atoms with Crippen LogP contribution in [0.1, 0.15) is 18.4 Å². The molecular formula is C15H21N3O2. The number of amides is 2. The van der Waals surface area contributed by atoms with Crippen LogP contribution in [-0.2, 0) is 16.0 Å². The maximum Gasteiger partial charge on any atom is 0.242 e. The van der Waals surface area contributed by atoms with Crippen molar-refractivity contribution in [2.45, 2.75) is 31.3 Å². The predicted octanol–water partition coefficient (Wildman–Crippen LogP) is 0.293. The van der Waals surface area contributed by atoms with E-state index in [9.17, 15) is 9.59 Å². The Hall–Kier alpha value is -1.88. The first-order valence-corrected chi connectivity index (χ1v) is 6.95. The Morgan fingerprint density at radius 1 is 1.40 bits per heavy atom. The van der Waals surface area contributed by atoms with E-state index in [0.29, 0.717) is 19.4 Å². The average Bonchev–Trinajstić information content (AvgIpc) is 2.96. The van der Waals surface area contributed by atoms with Gasteiger partial charge in [0.15, 0.2) is 0 Å². The van der Waals surface area contributed by atoms with E-state index in [0.717, 1.165) is 12.0 Å². The van der Waals surface area contributed by atoms with Crippen LogP contribution in [0.25, 0.3) is 0 Å². The molecule has 5 nitrogen and oxygen atoms in total. The standard InChI is InChI=1S/C15H21N3O2/c1-17-14(19)13-8-5-9-18(13)15(20)12(16)10-11-6-3-2-4-7-11/h2-4,6-7,12-13H,5,8-10,16H2,1H3,(H,17,19). The molecule has 1 heterocycles. The number of likely N-dealkylation sites (tertiary alicyclic amines) is 1. The number of hydrogen-bond acceptors (Lipinski definition) is 3. The van der Waals surface area contributed by atoms with Crippen LogP contribution in [0.15, 0.2) is 30.3 Å². The second-order valence-corrected chi connectivity index (χ2v) is 5.10. The molecule has 1 aromatic rings. The largest absolute Gasteiger partial charge is 0.357 e. The van der Waals surface area contributed by atoms with Gasteiger partial charge in [0, 0.05) is 13.6 Å². The lowest BCUT2D eigenvalue weighted by atomic mass is 10.1. The number of hydrogen-bond donors (Lipinski definition) is 2. The highest BCUT2D eigenvalue weighted by Crippen LogP contribution is 2.19. The highest BCUT2D eigenvalue weighted by Gasteiger charge is 2.35. The van der Waals surface area contributed by atoms with Crippen molar-refractivity contribution in [2.24, 2.45) is 5.73 Å². The van der Waals surface area contributed by atoms with Crippen molar-refractivity contribution in [3.05, 3.63) is 35.9 Å². The number of carbonyl (C=O) groups excluding carboxylic acids is 2. The summed E-state index contributed by atoms with van der Waals surface area (Å²) in [5.74, 6) is -0.247. The normalized spacial score (nSPS) is 19.7. The molecule has 0 saturated carbocycles. The van der Waals surface area contributed by atoms with Crippen LogP contribution in [0, 0.1) is 0 Å². The third kappa shape index (κ3) is 3.17. The van der Waals surface area contributed by atoms with Crippen molar-refractivity contribution in [3.63, 3.8) is 0 Å². The van der Waals surface area contributed by atoms with Gasteiger partial charge in [0.2, 0.25) is 11.8 Å². The number of carbonyl (C=O) groups is 2. The fourth-order valence-electron chi connectivity index (χ4n) is 2.64. The number of rotatable bonds is 4. The van der Waals surface area contributed by atoms with Crippen LogP contribution in [-0.4, -0.2) is 42.4 Å². The van der Waals surface area contributed by atoms with Crippen LogP contribution in [0.3, 0.4) is 0 Å². The summed E-state index contributed by atoms with van der Waals surface area (Å²) in [5, 5.41) is 2.61. The van der Waals surface area contributed by atoms with Gasteiger partial charge < -0.3 is 16.0 Å². The highest BCUT2D eigenvalue weighted by molar-refractivity contribution is 5.90. The Bertz CT molecular complexity index is 475. The van der Waals surface area contributed by atoms with Gasteiger partial charge in [0.05, 0.1) is 6.04 Å². The van der Waals surface area contributed by atoms with E-state index in [1.54, 1.807) is 11.9 Å². The SMILES string of the molecule is CNC(=O)C1CCCN1C(=O)C(N)Cc1ccccc1. The van der Waals surface area contributed by atoms with E-state index < -0.39 is 6.04 Å². The zero-order valence-corrected chi connectivity index (χ0v) is 11.7. The van der Waals surface area contributed by atoms with Crippen molar-refractivity contribution in [2.75, 3.05) is 13.6 Å². The molecule has 2 amide bonds. The summed E-state index contributed by atoms with van der Waals surface area (Å²) in [6.07, 6.45) is 2.06. The zero-order valence-electron chi connectivity index (χ0n) is 11.7. The minimum atomic E-state index is -0.595. The van der Waals surface area contributed by atoms with Gasteiger partial charge in [0.1, 0.15) is 6.04 Å². The summed E-state index contributed by atoms with van der Waals surface area (Å²) in [6, 6.07) is 8.72. The molecule has 0 spiro atoms. The van der Waals surface area contributed by atoms with Crippen LogP contribution in [0.2, 0.25) is 0 Å². The Balaban J connectivity index is 2.01. The van der Waals surface area contributed by atoms with Gasteiger partial charge in [-0.3, -0.25) is 9.59 Å². The van der Waals surface area contributed by atoms with E-state index in [1.807, 2.05) is 30.3 Å². The fourth-order valence-corrected chi connectivity index (χ4v) is 2.64. The molecule has 0 aromatic heterocycles. The average molecular weight is 275 g/mol. The molecule has 2 unspecified atom stereocenters. The number of benzene rings is 1. The van der Waals surface area contributed by atoms with Crippen molar-refractivity contribution in [1.29, 1.82) is 0 Å². The Kier molecular flexibility index (Phi) is 4.74. The first kappa shape index (κ1) is 14.5. The van der Waals surface area contributed by atoms with Crippen molar-refractivity contribution in [3.8, 4) is 0 Å². The molecule has 20 heavy (non-hydrogen) atoms. The highest BCUT2D eigenvalue weighted by atomic mass is 16.2. The molecule has 1 fully saturated rings. The summed E-state index contributed by atoms with van der Waals surface area (Å²) in [5.41, 5.74) is 7.04. The summed E-state index contributed by atoms with van der Waals surface area (Å²) in [6.45, 7) is 0.611. The summed E-state index contributed by atoms with van der Waals surface area (Å²) in [4.78, 5) is 25.8. The molecule has 3 N–H and O–H groups in total. The molecule has 1 aliphatic heterocycles. The lowest BCUT2D eigenvalue weighted by molar-refractivity contribution is -0.139. The van der Waals surface area contributed by atoms with Crippen LogP contribution < -0.4 is 11.1 Å². The maximum absolute atomic E-state index is 12.4. The minimum absolute atomic E-state index is 0.109. The number of nitrogens with zero attached hydrogens (tertiary/aromatic N) is 1. The molecule has 0 aliphatic carbocycles. The molecular weight excluding hydrogens is 254 g/mol. The summed E-state index contributed by atoms with van der Waals surface area (Å²) < 4.78 is 0. The fraction of sp³-hybridized carbons (Fsp3) is 0.467. The van der Waals surface area contributed by atoms with E-state index in [4.69, 9.17) is 5.73 Å². The van der Waals surface area contributed by atoms with Crippen LogP contribution in [0.4, 0.5) is 0 Å². The first-order chi connectivity index (χ1) is 9.63. The molecule has 1 aliphatic rings. The minimum Gasteiger partial charge on any atom is -0.357 e. The third-order valence-electron chi connectivity index (χ3n) is 3.70. The van der Waals surface area contributed by atoms with Crippen molar-refractivity contribution >= 4 is 11.8 Å². The van der Waals surface area contributed by atoms with E-state index in [2.05, 4.69) is 5.32 Å². The van der Waals surface area contributed by atoms with Crippen LogP contribution in [0.5, 0.6) is 0 Å². The Morgan fingerprint density at radius 3 is 2.75 bits per heavy atom. The molecule has 0 radical (unpaired) electrons. The van der Waals surface area contributed by atoms with E-state index in [-0.39, 0.29) is 17.9 Å².